The van der Waals surface area contributed by atoms with E-state index in [9.17, 15) is 0 Å². The maximum Gasteiger partial charge on any atom is 0.162 e. The molecule has 0 unspecified atom stereocenters. The number of hydrogen-bond donors (Lipinski definition) is 1. The third-order valence-corrected chi connectivity index (χ3v) is 2.34. The number of thiocyanates is 1. The smallest absolute Gasteiger partial charge is 0.162 e. The summed E-state index contributed by atoms with van der Waals surface area (Å²) in [7, 11) is 3.07. The van der Waals surface area contributed by atoms with E-state index >= 15 is 0 Å². The van der Waals surface area contributed by atoms with Crippen LogP contribution >= 0.6 is 11.8 Å². The van der Waals surface area contributed by atoms with Gasteiger partial charge in [-0.2, -0.15) is 5.26 Å². The molecule has 1 rings (SSSR count). The molecule has 0 aliphatic heterocycles. The standard InChI is InChI=1S/C9H10N2O2S/c1-12-7-3-6(11)9(14-5-10)4-8(7)13-2/h3-4H,11H2,1-2H3. The molecule has 2 N–H and O–H groups in total. The fraction of sp³-hybridized carbons (Fsp3) is 0.222. The van der Waals surface area contributed by atoms with Crippen LogP contribution in [0.25, 0.3) is 0 Å². The SMILES string of the molecule is COc1cc(N)c(SC#N)cc1OC. The molecule has 0 aliphatic rings. The van der Waals surface area contributed by atoms with Crippen LogP contribution in [0, 0.1) is 10.7 Å². The molecule has 0 heterocycles. The van der Waals surface area contributed by atoms with Crippen LogP contribution < -0.4 is 15.2 Å². The number of rotatable bonds is 3. The van der Waals surface area contributed by atoms with E-state index < -0.39 is 0 Å². The van der Waals surface area contributed by atoms with Gasteiger partial charge in [0.25, 0.3) is 0 Å². The number of benzene rings is 1. The summed E-state index contributed by atoms with van der Waals surface area (Å²) in [6.07, 6.45) is 0. The van der Waals surface area contributed by atoms with Crippen molar-refractivity contribution in [2.45, 2.75) is 4.90 Å². The second-order valence-corrected chi connectivity index (χ2v) is 3.26. The van der Waals surface area contributed by atoms with Crippen LogP contribution in [0.2, 0.25) is 0 Å². The average molecular weight is 210 g/mol. The van der Waals surface area contributed by atoms with E-state index in [2.05, 4.69) is 0 Å². The minimum absolute atomic E-state index is 0.509. The van der Waals surface area contributed by atoms with Gasteiger partial charge in [0.05, 0.1) is 19.9 Å². The highest BCUT2D eigenvalue weighted by atomic mass is 32.2. The molecule has 5 heteroatoms. The third-order valence-electron chi connectivity index (χ3n) is 1.67. The maximum atomic E-state index is 8.52. The van der Waals surface area contributed by atoms with E-state index in [1.807, 2.05) is 5.40 Å². The second-order valence-electron chi connectivity index (χ2n) is 2.44. The topological polar surface area (TPSA) is 68.3 Å². The monoisotopic (exact) mass is 210 g/mol. The Morgan fingerprint density at radius 2 is 1.86 bits per heavy atom. The summed E-state index contributed by atoms with van der Waals surface area (Å²) >= 11 is 0.996. The number of ether oxygens (including phenoxy) is 2. The molecule has 74 valence electrons. The molecular weight excluding hydrogens is 200 g/mol. The molecule has 0 aromatic heterocycles. The van der Waals surface area contributed by atoms with Gasteiger partial charge in [-0.15, -0.1) is 0 Å². The van der Waals surface area contributed by atoms with Crippen LogP contribution in [0.15, 0.2) is 17.0 Å². The molecule has 0 aliphatic carbocycles. The lowest BCUT2D eigenvalue weighted by atomic mass is 10.3. The zero-order valence-electron chi connectivity index (χ0n) is 7.90. The van der Waals surface area contributed by atoms with Crippen molar-refractivity contribution in [3.05, 3.63) is 12.1 Å². The highest BCUT2D eigenvalue weighted by Crippen LogP contribution is 2.36. The number of anilines is 1. The van der Waals surface area contributed by atoms with Crippen molar-refractivity contribution in [2.75, 3.05) is 20.0 Å². The van der Waals surface area contributed by atoms with Crippen molar-refractivity contribution in [3.8, 4) is 16.9 Å². The van der Waals surface area contributed by atoms with Crippen LogP contribution in [0.4, 0.5) is 5.69 Å². The Labute approximate surface area is 86.6 Å². The normalized spacial score (nSPS) is 9.21. The summed E-state index contributed by atoms with van der Waals surface area (Å²) in [6, 6.07) is 3.32. The number of nitrogens with zero attached hydrogens (tertiary/aromatic N) is 1. The lowest BCUT2D eigenvalue weighted by Gasteiger charge is -2.09. The number of nitriles is 1. The Bertz CT molecular complexity index is 374. The molecule has 1 aromatic carbocycles. The van der Waals surface area contributed by atoms with Gasteiger partial charge in [0.1, 0.15) is 5.40 Å². The lowest BCUT2D eigenvalue weighted by molar-refractivity contribution is 0.354. The van der Waals surface area contributed by atoms with Crippen LogP contribution in [-0.4, -0.2) is 14.2 Å². The molecule has 4 nitrogen and oxygen atoms in total. The lowest BCUT2D eigenvalue weighted by Crippen LogP contribution is -1.94. The molecule has 0 atom stereocenters. The van der Waals surface area contributed by atoms with E-state index in [-0.39, 0.29) is 0 Å². The van der Waals surface area contributed by atoms with Crippen LogP contribution in [0.1, 0.15) is 0 Å². The number of methoxy groups -OCH3 is 2. The van der Waals surface area contributed by atoms with Gasteiger partial charge in [-0.05, 0) is 11.8 Å². The largest absolute Gasteiger partial charge is 0.493 e. The average Bonchev–Trinajstić information content (AvgIpc) is 2.20. The van der Waals surface area contributed by atoms with Gasteiger partial charge in [-0.25, -0.2) is 0 Å². The number of nitrogen functional groups attached to an aromatic ring is 1. The Hall–Kier alpha value is -1.54. The van der Waals surface area contributed by atoms with Gasteiger partial charge in [-0.3, -0.25) is 0 Å². The van der Waals surface area contributed by atoms with E-state index in [1.165, 1.54) is 14.2 Å². The Kier molecular flexibility index (Phi) is 3.48. The third kappa shape index (κ3) is 2.03. The van der Waals surface area contributed by atoms with Crippen molar-refractivity contribution in [1.82, 2.24) is 0 Å². The summed E-state index contributed by atoms with van der Waals surface area (Å²) in [6.45, 7) is 0. The molecule has 1 aromatic rings. The van der Waals surface area contributed by atoms with E-state index in [4.69, 9.17) is 20.5 Å². The van der Waals surface area contributed by atoms with Crippen molar-refractivity contribution in [2.24, 2.45) is 0 Å². The van der Waals surface area contributed by atoms with Crippen molar-refractivity contribution in [3.63, 3.8) is 0 Å². The number of hydrogen-bond acceptors (Lipinski definition) is 5. The van der Waals surface area contributed by atoms with E-state index in [0.29, 0.717) is 22.1 Å². The highest BCUT2D eigenvalue weighted by molar-refractivity contribution is 8.03. The summed E-state index contributed by atoms with van der Waals surface area (Å²) in [5.74, 6) is 1.13. The molecule has 0 saturated heterocycles. The first-order chi connectivity index (χ1) is 6.72. The molecule has 0 radical (unpaired) electrons. The Morgan fingerprint density at radius 1 is 1.29 bits per heavy atom. The summed E-state index contributed by atoms with van der Waals surface area (Å²) in [5.41, 5.74) is 6.21. The van der Waals surface area contributed by atoms with Gasteiger partial charge in [0, 0.05) is 17.0 Å². The minimum Gasteiger partial charge on any atom is -0.493 e. The quantitative estimate of drug-likeness (QED) is 0.468. The first-order valence-electron chi connectivity index (χ1n) is 3.80. The van der Waals surface area contributed by atoms with Crippen LogP contribution in [0.3, 0.4) is 0 Å². The molecular formula is C9H10N2O2S. The summed E-state index contributed by atoms with van der Waals surface area (Å²) < 4.78 is 10.1. The van der Waals surface area contributed by atoms with Crippen molar-refractivity contribution < 1.29 is 9.47 Å². The fourth-order valence-electron chi connectivity index (χ4n) is 1.01. The molecule has 0 saturated carbocycles. The predicted molar refractivity (Wildman–Crippen MR) is 55.4 cm³/mol. The fourth-order valence-corrected chi connectivity index (χ4v) is 1.45. The molecule has 0 bridgehead atoms. The van der Waals surface area contributed by atoms with Crippen molar-refractivity contribution in [1.29, 1.82) is 5.26 Å². The highest BCUT2D eigenvalue weighted by Gasteiger charge is 2.08. The van der Waals surface area contributed by atoms with E-state index in [1.54, 1.807) is 12.1 Å². The van der Waals surface area contributed by atoms with Crippen LogP contribution in [0.5, 0.6) is 11.5 Å². The maximum absolute atomic E-state index is 8.52. The van der Waals surface area contributed by atoms with E-state index in [0.717, 1.165) is 11.8 Å². The first kappa shape index (κ1) is 10.5. The van der Waals surface area contributed by atoms with Gasteiger partial charge < -0.3 is 15.2 Å². The molecule has 0 fully saturated rings. The Morgan fingerprint density at radius 3 is 2.36 bits per heavy atom. The van der Waals surface area contributed by atoms with Crippen LogP contribution in [-0.2, 0) is 0 Å². The summed E-state index contributed by atoms with van der Waals surface area (Å²) in [4.78, 5) is 0.671. The second kappa shape index (κ2) is 4.63. The molecule has 14 heavy (non-hydrogen) atoms. The van der Waals surface area contributed by atoms with Gasteiger partial charge in [-0.1, -0.05) is 0 Å². The van der Waals surface area contributed by atoms with Gasteiger partial charge in [0.15, 0.2) is 11.5 Å². The first-order valence-corrected chi connectivity index (χ1v) is 4.62. The van der Waals surface area contributed by atoms with Gasteiger partial charge in [0.2, 0.25) is 0 Å². The van der Waals surface area contributed by atoms with Gasteiger partial charge >= 0.3 is 0 Å². The summed E-state index contributed by atoms with van der Waals surface area (Å²) in [5, 5.41) is 10.5. The zero-order chi connectivity index (χ0) is 10.6. The Balaban J connectivity index is 3.17. The predicted octanol–water partition coefficient (Wildman–Crippen LogP) is 1.86. The zero-order valence-corrected chi connectivity index (χ0v) is 8.72. The molecule has 0 amide bonds. The van der Waals surface area contributed by atoms with Crippen molar-refractivity contribution >= 4 is 17.4 Å². The minimum atomic E-state index is 0.509. The number of thioether (sulfide) groups is 1. The number of nitrogens with two attached hydrogens (primary N) is 1. The molecule has 0 spiro atoms.